The Labute approximate surface area is 140 Å². The molecule has 5 nitrogen and oxygen atoms in total. The number of hydrogen-bond acceptors (Lipinski definition) is 5. The van der Waals surface area contributed by atoms with E-state index in [1.165, 1.54) is 0 Å². The van der Waals surface area contributed by atoms with Crippen LogP contribution in [0.3, 0.4) is 0 Å². The summed E-state index contributed by atoms with van der Waals surface area (Å²) in [4.78, 5) is 0. The Hall–Kier alpha value is -1.76. The van der Waals surface area contributed by atoms with E-state index in [1.807, 2.05) is 43.3 Å². The Morgan fingerprint density at radius 1 is 0.875 bits per heavy atom. The average molecular weight is 330 g/mol. The summed E-state index contributed by atoms with van der Waals surface area (Å²) in [5, 5.41) is 39.4. The van der Waals surface area contributed by atoms with Crippen molar-refractivity contribution >= 4 is 0 Å². The van der Waals surface area contributed by atoms with Crippen LogP contribution in [-0.2, 0) is 4.74 Å². The summed E-state index contributed by atoms with van der Waals surface area (Å²) in [6.45, 7) is 1.59. The van der Waals surface area contributed by atoms with Crippen molar-refractivity contribution in [1.29, 1.82) is 0 Å². The maximum atomic E-state index is 10.3. The summed E-state index contributed by atoms with van der Waals surface area (Å²) in [6.07, 6.45) is -5.71. The Balaban J connectivity index is 1.93. The van der Waals surface area contributed by atoms with Gasteiger partial charge in [-0.15, -0.1) is 0 Å². The molecule has 0 spiro atoms. The van der Waals surface area contributed by atoms with Crippen molar-refractivity contribution in [3.8, 4) is 11.1 Å². The highest BCUT2D eigenvalue weighted by Crippen LogP contribution is 2.34. The average Bonchev–Trinajstić information content (AvgIpc) is 2.60. The topological polar surface area (TPSA) is 90.2 Å². The molecule has 0 aliphatic carbocycles. The Morgan fingerprint density at radius 3 is 2.21 bits per heavy atom. The van der Waals surface area contributed by atoms with Gasteiger partial charge in [-0.2, -0.15) is 0 Å². The number of aryl methyl sites for hydroxylation is 1. The predicted octanol–water partition coefficient (Wildman–Crippen LogP) is 1.18. The smallest absolute Gasteiger partial charge is 0.113 e. The van der Waals surface area contributed by atoms with Gasteiger partial charge in [-0.1, -0.05) is 48.0 Å². The largest absolute Gasteiger partial charge is 0.394 e. The first-order valence-electron chi connectivity index (χ1n) is 7.99. The maximum Gasteiger partial charge on any atom is 0.113 e. The standard InChI is InChI=1S/C19H22O5/c1-11-4-2-5-12(8-11)13-6-3-7-14(9-13)19-18(23)17(22)16(21)15(10-20)24-19/h2-9,15-23H,10H2,1H3/t15-,16-,17+,18-,19+/m1/s1. The molecule has 0 unspecified atom stereocenters. The van der Waals surface area contributed by atoms with E-state index < -0.39 is 37.1 Å². The van der Waals surface area contributed by atoms with Crippen LogP contribution in [0.2, 0.25) is 0 Å². The summed E-state index contributed by atoms with van der Waals surface area (Å²) >= 11 is 0. The van der Waals surface area contributed by atoms with Crippen molar-refractivity contribution in [1.82, 2.24) is 0 Å². The van der Waals surface area contributed by atoms with Gasteiger partial charge < -0.3 is 25.2 Å². The molecule has 5 atom stereocenters. The molecule has 128 valence electrons. The zero-order valence-electron chi connectivity index (χ0n) is 13.4. The first kappa shape index (κ1) is 17.1. The van der Waals surface area contributed by atoms with E-state index in [-0.39, 0.29) is 0 Å². The molecule has 0 radical (unpaired) electrons. The van der Waals surface area contributed by atoms with Crippen LogP contribution in [0.25, 0.3) is 11.1 Å². The van der Waals surface area contributed by atoms with Crippen LogP contribution in [-0.4, -0.2) is 51.4 Å². The molecule has 0 aromatic heterocycles. The lowest BCUT2D eigenvalue weighted by Crippen LogP contribution is -2.55. The lowest BCUT2D eigenvalue weighted by Gasteiger charge is -2.40. The van der Waals surface area contributed by atoms with Gasteiger partial charge in [0.2, 0.25) is 0 Å². The van der Waals surface area contributed by atoms with Crippen molar-refractivity contribution < 1.29 is 25.2 Å². The molecule has 3 rings (SSSR count). The fourth-order valence-corrected chi connectivity index (χ4v) is 3.10. The molecule has 0 amide bonds. The molecule has 5 heteroatoms. The third kappa shape index (κ3) is 3.22. The summed E-state index contributed by atoms with van der Waals surface area (Å²) in [7, 11) is 0. The van der Waals surface area contributed by atoms with Gasteiger partial charge in [-0.05, 0) is 29.7 Å². The molecule has 1 aliphatic rings. The van der Waals surface area contributed by atoms with Gasteiger partial charge in [0.15, 0.2) is 0 Å². The predicted molar refractivity (Wildman–Crippen MR) is 89.3 cm³/mol. The van der Waals surface area contributed by atoms with Crippen LogP contribution in [0.4, 0.5) is 0 Å². The van der Waals surface area contributed by atoms with Gasteiger partial charge in [0.25, 0.3) is 0 Å². The van der Waals surface area contributed by atoms with Crippen molar-refractivity contribution in [2.75, 3.05) is 6.61 Å². The van der Waals surface area contributed by atoms with Gasteiger partial charge >= 0.3 is 0 Å². The Morgan fingerprint density at radius 2 is 1.54 bits per heavy atom. The van der Waals surface area contributed by atoms with E-state index in [2.05, 4.69) is 6.07 Å². The molecule has 4 N–H and O–H groups in total. The monoisotopic (exact) mass is 330 g/mol. The normalized spacial score (nSPS) is 30.3. The van der Waals surface area contributed by atoms with Crippen LogP contribution in [0.15, 0.2) is 48.5 Å². The van der Waals surface area contributed by atoms with Crippen LogP contribution in [0.1, 0.15) is 17.2 Å². The summed E-state index contributed by atoms with van der Waals surface area (Å²) in [6, 6.07) is 15.6. The zero-order chi connectivity index (χ0) is 17.3. The van der Waals surface area contributed by atoms with E-state index in [1.54, 1.807) is 6.07 Å². The molecule has 1 fully saturated rings. The zero-order valence-corrected chi connectivity index (χ0v) is 13.4. The van der Waals surface area contributed by atoms with Crippen LogP contribution in [0.5, 0.6) is 0 Å². The number of rotatable bonds is 3. The third-order valence-electron chi connectivity index (χ3n) is 4.46. The molecule has 0 bridgehead atoms. The van der Waals surface area contributed by atoms with E-state index >= 15 is 0 Å². The van der Waals surface area contributed by atoms with Gasteiger partial charge in [0, 0.05) is 0 Å². The van der Waals surface area contributed by atoms with E-state index in [4.69, 9.17) is 4.74 Å². The number of aliphatic hydroxyl groups is 4. The highest BCUT2D eigenvalue weighted by Gasteiger charge is 2.43. The number of benzene rings is 2. The fourth-order valence-electron chi connectivity index (χ4n) is 3.10. The fraction of sp³-hybridized carbons (Fsp3) is 0.368. The second kappa shape index (κ2) is 7.01. The Kier molecular flexibility index (Phi) is 4.99. The van der Waals surface area contributed by atoms with E-state index in [0.29, 0.717) is 5.56 Å². The highest BCUT2D eigenvalue weighted by molar-refractivity contribution is 5.65. The second-order valence-corrected chi connectivity index (χ2v) is 6.24. The maximum absolute atomic E-state index is 10.3. The second-order valence-electron chi connectivity index (χ2n) is 6.24. The minimum absolute atomic E-state index is 0.432. The minimum atomic E-state index is -1.37. The number of aliphatic hydroxyl groups excluding tert-OH is 4. The molecule has 2 aromatic rings. The first-order valence-corrected chi connectivity index (χ1v) is 7.99. The summed E-state index contributed by atoms with van der Waals surface area (Å²) in [5.41, 5.74) is 3.84. The molecular formula is C19H22O5. The lowest BCUT2D eigenvalue weighted by atomic mass is 9.90. The van der Waals surface area contributed by atoms with E-state index in [0.717, 1.165) is 16.7 Å². The third-order valence-corrected chi connectivity index (χ3v) is 4.46. The van der Waals surface area contributed by atoms with E-state index in [9.17, 15) is 20.4 Å². The van der Waals surface area contributed by atoms with Gasteiger partial charge in [-0.25, -0.2) is 0 Å². The van der Waals surface area contributed by atoms with Crippen molar-refractivity contribution in [3.05, 3.63) is 59.7 Å². The van der Waals surface area contributed by atoms with Crippen molar-refractivity contribution in [3.63, 3.8) is 0 Å². The molecule has 0 saturated carbocycles. The van der Waals surface area contributed by atoms with Crippen LogP contribution < -0.4 is 0 Å². The molecular weight excluding hydrogens is 308 g/mol. The summed E-state index contributed by atoms with van der Waals surface area (Å²) in [5.74, 6) is 0. The lowest BCUT2D eigenvalue weighted by molar-refractivity contribution is -0.231. The molecule has 1 saturated heterocycles. The van der Waals surface area contributed by atoms with Gasteiger partial charge in [0.1, 0.15) is 30.5 Å². The SMILES string of the molecule is Cc1cccc(-c2cccc([C@@H]3O[C@H](CO)[C@@H](O)[C@H](O)[C@H]3O)c2)c1. The number of hydrogen-bond donors (Lipinski definition) is 4. The first-order chi connectivity index (χ1) is 11.5. The molecule has 1 aliphatic heterocycles. The van der Waals surface area contributed by atoms with Gasteiger partial charge in [0.05, 0.1) is 6.61 Å². The minimum Gasteiger partial charge on any atom is -0.394 e. The Bertz CT molecular complexity index is 700. The van der Waals surface area contributed by atoms with Crippen molar-refractivity contribution in [2.45, 2.75) is 37.4 Å². The van der Waals surface area contributed by atoms with Crippen molar-refractivity contribution in [2.24, 2.45) is 0 Å². The molecule has 2 aromatic carbocycles. The number of ether oxygens (including phenoxy) is 1. The van der Waals surface area contributed by atoms with Crippen LogP contribution >= 0.6 is 0 Å². The van der Waals surface area contributed by atoms with Crippen LogP contribution in [0, 0.1) is 6.92 Å². The highest BCUT2D eigenvalue weighted by atomic mass is 16.5. The quantitative estimate of drug-likeness (QED) is 0.678. The molecule has 24 heavy (non-hydrogen) atoms. The molecule has 1 heterocycles. The summed E-state index contributed by atoms with van der Waals surface area (Å²) < 4.78 is 5.62. The van der Waals surface area contributed by atoms with Gasteiger partial charge in [-0.3, -0.25) is 0 Å².